The van der Waals surface area contributed by atoms with Crippen molar-refractivity contribution >= 4 is 18.4 Å². The molecule has 1 aliphatic heterocycles. The second kappa shape index (κ2) is 9.84. The van der Waals surface area contributed by atoms with Crippen LogP contribution in [-0.2, 0) is 0 Å². The van der Waals surface area contributed by atoms with Crippen molar-refractivity contribution in [1.82, 2.24) is 15.1 Å². The predicted octanol–water partition coefficient (Wildman–Crippen LogP) is 3.82. The fourth-order valence-corrected chi connectivity index (χ4v) is 3.09. The molecule has 136 valence electrons. The first-order chi connectivity index (χ1) is 11.0. The van der Waals surface area contributed by atoms with Crippen molar-refractivity contribution in [2.24, 2.45) is 0 Å². The van der Waals surface area contributed by atoms with Crippen LogP contribution in [0.15, 0.2) is 24.3 Å². The molecule has 0 spiro atoms. The second-order valence-corrected chi connectivity index (χ2v) is 6.48. The van der Waals surface area contributed by atoms with Crippen LogP contribution in [0, 0.1) is 5.82 Å². The highest BCUT2D eigenvalue weighted by atomic mass is 35.5. The van der Waals surface area contributed by atoms with Crippen LogP contribution in [0.4, 0.5) is 9.18 Å². The summed E-state index contributed by atoms with van der Waals surface area (Å²) in [5, 5.41) is 2.95. The highest BCUT2D eigenvalue weighted by molar-refractivity contribution is 5.85. The number of nitrogens with zero attached hydrogens (tertiary/aromatic N) is 2. The maximum atomic E-state index is 13.2. The summed E-state index contributed by atoms with van der Waals surface area (Å²) in [5.41, 5.74) is 1.16. The molecule has 1 fully saturated rings. The molecule has 2 amide bonds. The zero-order valence-corrected chi connectivity index (χ0v) is 15.6. The number of piperazine rings is 1. The quantitative estimate of drug-likeness (QED) is 0.869. The lowest BCUT2D eigenvalue weighted by molar-refractivity contribution is 0.103. The van der Waals surface area contributed by atoms with Crippen molar-refractivity contribution in [3.05, 3.63) is 35.6 Å². The minimum Gasteiger partial charge on any atom is -0.336 e. The fourth-order valence-electron chi connectivity index (χ4n) is 3.09. The van der Waals surface area contributed by atoms with Gasteiger partial charge in [-0.05, 0) is 38.0 Å². The third-order valence-corrected chi connectivity index (χ3v) is 4.27. The van der Waals surface area contributed by atoms with E-state index in [0.29, 0.717) is 6.04 Å². The third-order valence-electron chi connectivity index (χ3n) is 4.27. The molecule has 0 aromatic heterocycles. The van der Waals surface area contributed by atoms with Gasteiger partial charge in [-0.2, -0.15) is 0 Å². The lowest BCUT2D eigenvalue weighted by atomic mass is 9.99. The Hall–Kier alpha value is -1.33. The molecule has 2 rings (SSSR count). The SMILES string of the molecule is CCCC(c1ccc(F)cc1)N1CCN(C(=O)NC(C)C)CC1.Cl. The number of amides is 2. The first kappa shape index (κ1) is 20.7. The van der Waals surface area contributed by atoms with Crippen LogP contribution in [-0.4, -0.2) is 48.1 Å². The second-order valence-electron chi connectivity index (χ2n) is 6.48. The number of urea groups is 1. The molecular formula is C18H29ClFN3O. The van der Waals surface area contributed by atoms with Gasteiger partial charge in [0, 0.05) is 38.3 Å². The molecule has 1 unspecified atom stereocenters. The molecule has 1 N–H and O–H groups in total. The number of nitrogens with one attached hydrogen (secondary N) is 1. The Kier molecular flexibility index (Phi) is 8.50. The summed E-state index contributed by atoms with van der Waals surface area (Å²) in [6, 6.07) is 7.31. The molecule has 1 aromatic carbocycles. The van der Waals surface area contributed by atoms with Gasteiger partial charge in [0.05, 0.1) is 0 Å². The molecule has 6 heteroatoms. The molecule has 1 atom stereocenters. The average molecular weight is 358 g/mol. The Labute approximate surface area is 150 Å². The molecule has 0 radical (unpaired) electrons. The van der Waals surface area contributed by atoms with E-state index in [1.54, 1.807) is 0 Å². The van der Waals surface area contributed by atoms with Crippen molar-refractivity contribution < 1.29 is 9.18 Å². The van der Waals surface area contributed by atoms with Crippen LogP contribution in [0.5, 0.6) is 0 Å². The largest absolute Gasteiger partial charge is 0.336 e. The molecule has 1 heterocycles. The number of halogens is 2. The highest BCUT2D eigenvalue weighted by Crippen LogP contribution is 2.27. The molecule has 4 nitrogen and oxygen atoms in total. The number of hydrogen-bond donors (Lipinski definition) is 1. The molecular weight excluding hydrogens is 329 g/mol. The Bertz CT molecular complexity index is 501. The number of benzene rings is 1. The lowest BCUT2D eigenvalue weighted by Gasteiger charge is -2.39. The van der Waals surface area contributed by atoms with Crippen molar-refractivity contribution in [2.45, 2.75) is 45.7 Å². The monoisotopic (exact) mass is 357 g/mol. The summed E-state index contributed by atoms with van der Waals surface area (Å²) in [6.45, 7) is 9.30. The van der Waals surface area contributed by atoms with Gasteiger partial charge in [-0.1, -0.05) is 25.5 Å². The molecule has 0 bridgehead atoms. The maximum Gasteiger partial charge on any atom is 0.317 e. The first-order valence-electron chi connectivity index (χ1n) is 8.56. The highest BCUT2D eigenvalue weighted by Gasteiger charge is 2.26. The van der Waals surface area contributed by atoms with E-state index in [4.69, 9.17) is 0 Å². The number of carbonyl (C=O) groups excluding carboxylic acids is 1. The van der Waals surface area contributed by atoms with Gasteiger partial charge >= 0.3 is 6.03 Å². The number of rotatable bonds is 5. The Morgan fingerprint density at radius 1 is 1.17 bits per heavy atom. The van der Waals surface area contributed by atoms with Gasteiger partial charge in [-0.25, -0.2) is 9.18 Å². The minimum atomic E-state index is -0.195. The van der Waals surface area contributed by atoms with Crippen molar-refractivity contribution in [3.63, 3.8) is 0 Å². The normalized spacial score (nSPS) is 16.6. The fraction of sp³-hybridized carbons (Fsp3) is 0.611. The maximum absolute atomic E-state index is 13.2. The van der Waals surface area contributed by atoms with E-state index in [2.05, 4.69) is 17.1 Å². The van der Waals surface area contributed by atoms with Crippen LogP contribution >= 0.6 is 12.4 Å². The summed E-state index contributed by atoms with van der Waals surface area (Å²) in [6.07, 6.45) is 2.12. The molecule has 1 saturated heterocycles. The minimum absolute atomic E-state index is 0. The van der Waals surface area contributed by atoms with Gasteiger partial charge in [0.15, 0.2) is 0 Å². The van der Waals surface area contributed by atoms with Crippen LogP contribution < -0.4 is 5.32 Å². The van der Waals surface area contributed by atoms with Crippen LogP contribution in [0.2, 0.25) is 0 Å². The molecule has 0 saturated carbocycles. The zero-order valence-electron chi connectivity index (χ0n) is 14.8. The van der Waals surface area contributed by atoms with Gasteiger partial charge in [0.2, 0.25) is 0 Å². The molecule has 1 aromatic rings. The summed E-state index contributed by atoms with van der Waals surface area (Å²) >= 11 is 0. The topological polar surface area (TPSA) is 35.6 Å². The summed E-state index contributed by atoms with van der Waals surface area (Å²) in [5.74, 6) is -0.195. The van der Waals surface area contributed by atoms with Gasteiger partial charge in [0.25, 0.3) is 0 Å². The van der Waals surface area contributed by atoms with E-state index in [1.165, 1.54) is 12.1 Å². The summed E-state index contributed by atoms with van der Waals surface area (Å²) < 4.78 is 13.2. The predicted molar refractivity (Wildman–Crippen MR) is 98.1 cm³/mol. The standard InChI is InChI=1S/C18H28FN3O.ClH/c1-4-5-17(15-6-8-16(19)9-7-15)21-10-12-22(13-11-21)18(23)20-14(2)3;/h6-9,14,17H,4-5,10-13H2,1-3H3,(H,20,23);1H. The molecule has 24 heavy (non-hydrogen) atoms. The van der Waals surface area contributed by atoms with E-state index in [0.717, 1.165) is 44.6 Å². The van der Waals surface area contributed by atoms with Crippen LogP contribution in [0.25, 0.3) is 0 Å². The van der Waals surface area contributed by atoms with Gasteiger partial charge in [0.1, 0.15) is 5.82 Å². The zero-order chi connectivity index (χ0) is 16.8. The Morgan fingerprint density at radius 2 is 1.75 bits per heavy atom. The number of hydrogen-bond acceptors (Lipinski definition) is 2. The van der Waals surface area contributed by atoms with Crippen molar-refractivity contribution in [2.75, 3.05) is 26.2 Å². The van der Waals surface area contributed by atoms with Crippen LogP contribution in [0.3, 0.4) is 0 Å². The first-order valence-corrected chi connectivity index (χ1v) is 8.56. The summed E-state index contributed by atoms with van der Waals surface area (Å²) in [4.78, 5) is 16.4. The van der Waals surface area contributed by atoms with E-state index in [9.17, 15) is 9.18 Å². The van der Waals surface area contributed by atoms with E-state index < -0.39 is 0 Å². The molecule has 1 aliphatic rings. The smallest absolute Gasteiger partial charge is 0.317 e. The van der Waals surface area contributed by atoms with Crippen molar-refractivity contribution in [3.8, 4) is 0 Å². The Balaban J connectivity index is 0.00000288. The van der Waals surface area contributed by atoms with E-state index >= 15 is 0 Å². The Morgan fingerprint density at radius 3 is 2.25 bits per heavy atom. The van der Waals surface area contributed by atoms with E-state index in [1.807, 2.05) is 30.9 Å². The van der Waals surface area contributed by atoms with E-state index in [-0.39, 0.29) is 30.3 Å². The van der Waals surface area contributed by atoms with Crippen molar-refractivity contribution in [1.29, 1.82) is 0 Å². The van der Waals surface area contributed by atoms with Crippen LogP contribution in [0.1, 0.15) is 45.2 Å². The van der Waals surface area contributed by atoms with Gasteiger partial charge < -0.3 is 10.2 Å². The van der Waals surface area contributed by atoms with Gasteiger partial charge in [-0.15, -0.1) is 12.4 Å². The number of carbonyl (C=O) groups is 1. The molecule has 0 aliphatic carbocycles. The lowest BCUT2D eigenvalue weighted by Crippen LogP contribution is -2.53. The third kappa shape index (κ3) is 5.64. The average Bonchev–Trinajstić information content (AvgIpc) is 2.53. The summed E-state index contributed by atoms with van der Waals surface area (Å²) in [7, 11) is 0. The van der Waals surface area contributed by atoms with Gasteiger partial charge in [-0.3, -0.25) is 4.90 Å².